The zero-order valence-electron chi connectivity index (χ0n) is 15.5. The Morgan fingerprint density at radius 1 is 1.15 bits per heavy atom. The molecule has 1 fully saturated rings. The van der Waals surface area contributed by atoms with Gasteiger partial charge in [-0.05, 0) is 38.1 Å². The van der Waals surface area contributed by atoms with Gasteiger partial charge in [0.2, 0.25) is 0 Å². The molecule has 1 aromatic heterocycles. The third-order valence-corrected chi connectivity index (χ3v) is 7.15. The Kier molecular flexibility index (Phi) is 5.36. The lowest BCUT2D eigenvalue weighted by Gasteiger charge is -2.37. The van der Waals surface area contributed by atoms with Gasteiger partial charge in [-0.1, -0.05) is 12.1 Å². The van der Waals surface area contributed by atoms with E-state index < -0.39 is 21.1 Å². The maximum atomic E-state index is 12.7. The average molecular weight is 390 g/mol. The molecule has 2 unspecified atom stereocenters. The fraction of sp³-hybridized carbons (Fsp3) is 0.368. The van der Waals surface area contributed by atoms with Gasteiger partial charge in [-0.15, -0.1) is 0 Å². The Hall–Kier alpha value is -2.61. The predicted molar refractivity (Wildman–Crippen MR) is 101 cm³/mol. The van der Waals surface area contributed by atoms with Crippen molar-refractivity contribution in [2.24, 2.45) is 0 Å². The molecule has 2 heterocycles. The van der Waals surface area contributed by atoms with E-state index in [0.29, 0.717) is 17.2 Å². The van der Waals surface area contributed by atoms with Crippen LogP contribution in [0.15, 0.2) is 42.6 Å². The predicted octanol–water partition coefficient (Wildman–Crippen LogP) is 2.53. The largest absolute Gasteiger partial charge is 0.493 e. The molecule has 0 N–H and O–H groups in total. The molecule has 3 rings (SSSR count). The van der Waals surface area contributed by atoms with Crippen molar-refractivity contribution in [2.45, 2.75) is 25.1 Å². The van der Waals surface area contributed by atoms with E-state index in [2.05, 4.69) is 4.98 Å². The minimum Gasteiger partial charge on any atom is -0.493 e. The number of hydrogen-bond acceptors (Lipinski definition) is 6. The van der Waals surface area contributed by atoms with Crippen LogP contribution >= 0.6 is 0 Å². The number of amides is 1. The third-order valence-electron chi connectivity index (χ3n) is 4.87. The Bertz CT molecular complexity index is 927. The van der Waals surface area contributed by atoms with Crippen molar-refractivity contribution in [2.75, 3.05) is 19.4 Å². The number of carbonyl (C=O) groups is 1. The lowest BCUT2D eigenvalue weighted by atomic mass is 10.2. The minimum atomic E-state index is -3.15. The molecule has 7 nitrogen and oxygen atoms in total. The molecule has 27 heavy (non-hydrogen) atoms. The van der Waals surface area contributed by atoms with E-state index in [0.717, 1.165) is 0 Å². The molecule has 1 aliphatic rings. The second kappa shape index (κ2) is 7.56. The van der Waals surface area contributed by atoms with Gasteiger partial charge >= 0.3 is 0 Å². The van der Waals surface area contributed by atoms with E-state index in [1.54, 1.807) is 50.1 Å². The van der Waals surface area contributed by atoms with Crippen molar-refractivity contribution in [3.8, 4) is 17.2 Å². The number of rotatable bonds is 4. The molecular weight excluding hydrogens is 368 g/mol. The summed E-state index contributed by atoms with van der Waals surface area (Å²) in [5, 5.41) is -0.594. The summed E-state index contributed by atoms with van der Waals surface area (Å²) in [5.41, 5.74) is 0.251. The van der Waals surface area contributed by atoms with Crippen molar-refractivity contribution in [3.05, 3.63) is 48.3 Å². The monoisotopic (exact) mass is 390 g/mol. The second-order valence-corrected chi connectivity index (χ2v) is 8.92. The van der Waals surface area contributed by atoms with E-state index in [1.165, 1.54) is 6.20 Å². The topological polar surface area (TPSA) is 85.8 Å². The SMILES string of the molecule is COc1ccccc1Oc1ccc(C(=O)N2CCS(=O)(=O)C(C)C2C)nc1. The van der Waals surface area contributed by atoms with Crippen LogP contribution in [0.2, 0.25) is 0 Å². The summed E-state index contributed by atoms with van der Waals surface area (Å²) in [6, 6.07) is 10.1. The van der Waals surface area contributed by atoms with E-state index in [4.69, 9.17) is 9.47 Å². The minimum absolute atomic E-state index is 0.0285. The summed E-state index contributed by atoms with van der Waals surface area (Å²) in [4.78, 5) is 18.5. The molecule has 1 aromatic carbocycles. The number of ether oxygens (including phenoxy) is 2. The van der Waals surface area contributed by atoms with Crippen molar-refractivity contribution < 1.29 is 22.7 Å². The van der Waals surface area contributed by atoms with Crippen LogP contribution in [0.3, 0.4) is 0 Å². The highest BCUT2D eigenvalue weighted by Gasteiger charge is 2.38. The maximum absolute atomic E-state index is 12.7. The van der Waals surface area contributed by atoms with Gasteiger partial charge in [-0.2, -0.15) is 0 Å². The maximum Gasteiger partial charge on any atom is 0.272 e. The van der Waals surface area contributed by atoms with Crippen LogP contribution in [0.4, 0.5) is 0 Å². The molecule has 1 amide bonds. The van der Waals surface area contributed by atoms with Crippen molar-refractivity contribution in [1.82, 2.24) is 9.88 Å². The molecule has 2 aromatic rings. The summed E-state index contributed by atoms with van der Waals surface area (Å²) in [6.45, 7) is 3.56. The number of pyridine rings is 1. The molecule has 0 spiro atoms. The first-order valence-electron chi connectivity index (χ1n) is 8.63. The van der Waals surface area contributed by atoms with Crippen LogP contribution in [-0.4, -0.2) is 54.9 Å². The Morgan fingerprint density at radius 2 is 1.85 bits per heavy atom. The van der Waals surface area contributed by atoms with Gasteiger partial charge in [0, 0.05) is 12.6 Å². The van der Waals surface area contributed by atoms with Crippen molar-refractivity contribution >= 4 is 15.7 Å². The van der Waals surface area contributed by atoms with Crippen molar-refractivity contribution in [1.29, 1.82) is 0 Å². The van der Waals surface area contributed by atoms with Gasteiger partial charge in [0.15, 0.2) is 21.3 Å². The van der Waals surface area contributed by atoms with Gasteiger partial charge in [0.05, 0.1) is 24.3 Å². The number of methoxy groups -OCH3 is 1. The number of aromatic nitrogens is 1. The van der Waals surface area contributed by atoms with Gasteiger partial charge in [-0.25, -0.2) is 13.4 Å². The highest BCUT2D eigenvalue weighted by molar-refractivity contribution is 7.92. The van der Waals surface area contributed by atoms with Crippen LogP contribution in [0.1, 0.15) is 24.3 Å². The van der Waals surface area contributed by atoms with Gasteiger partial charge < -0.3 is 14.4 Å². The Labute approximate surface area is 158 Å². The first-order valence-corrected chi connectivity index (χ1v) is 10.3. The molecule has 1 aliphatic heterocycles. The molecule has 144 valence electrons. The zero-order chi connectivity index (χ0) is 19.6. The lowest BCUT2D eigenvalue weighted by Crippen LogP contribution is -2.54. The summed E-state index contributed by atoms with van der Waals surface area (Å²) < 4.78 is 35.0. The second-order valence-electron chi connectivity index (χ2n) is 6.44. The number of nitrogens with zero attached hydrogens (tertiary/aromatic N) is 2. The average Bonchev–Trinajstić information content (AvgIpc) is 2.67. The number of para-hydroxylation sites is 2. The number of carbonyl (C=O) groups excluding carboxylic acids is 1. The normalized spacial score (nSPS) is 21.5. The fourth-order valence-electron chi connectivity index (χ4n) is 3.00. The molecule has 0 saturated carbocycles. The Morgan fingerprint density at radius 3 is 2.48 bits per heavy atom. The molecule has 0 bridgehead atoms. The lowest BCUT2D eigenvalue weighted by molar-refractivity contribution is 0.0687. The molecule has 2 atom stereocenters. The van der Waals surface area contributed by atoms with Gasteiger partial charge in [0.1, 0.15) is 11.4 Å². The van der Waals surface area contributed by atoms with E-state index in [-0.39, 0.29) is 23.9 Å². The quantitative estimate of drug-likeness (QED) is 0.797. The van der Waals surface area contributed by atoms with Crippen LogP contribution in [0, 0.1) is 0 Å². The molecule has 8 heteroatoms. The first kappa shape index (κ1) is 19.2. The molecular formula is C19H22N2O5S. The first-order chi connectivity index (χ1) is 12.8. The molecule has 0 radical (unpaired) electrons. The third kappa shape index (κ3) is 3.90. The summed E-state index contributed by atoms with van der Waals surface area (Å²) in [5.74, 6) is 1.30. The fourth-order valence-corrected chi connectivity index (χ4v) is 4.57. The van der Waals surface area contributed by atoms with E-state index in [1.807, 2.05) is 12.1 Å². The molecule has 0 aliphatic carbocycles. The highest BCUT2D eigenvalue weighted by Crippen LogP contribution is 2.30. The van der Waals surface area contributed by atoms with Crippen LogP contribution < -0.4 is 9.47 Å². The van der Waals surface area contributed by atoms with Gasteiger partial charge in [0.25, 0.3) is 5.91 Å². The zero-order valence-corrected chi connectivity index (χ0v) is 16.3. The van der Waals surface area contributed by atoms with Crippen LogP contribution in [0.25, 0.3) is 0 Å². The highest BCUT2D eigenvalue weighted by atomic mass is 32.2. The van der Waals surface area contributed by atoms with E-state index in [9.17, 15) is 13.2 Å². The van der Waals surface area contributed by atoms with Crippen LogP contribution in [-0.2, 0) is 9.84 Å². The van der Waals surface area contributed by atoms with Crippen molar-refractivity contribution in [3.63, 3.8) is 0 Å². The number of benzene rings is 1. The summed E-state index contributed by atoms with van der Waals surface area (Å²) in [6.07, 6.45) is 1.47. The smallest absolute Gasteiger partial charge is 0.272 e. The standard InChI is InChI=1S/C19H22N2O5S/c1-13-14(2)27(23,24)11-10-21(13)19(22)16-9-8-15(12-20-16)26-18-7-5-4-6-17(18)25-3/h4-9,12-14H,10-11H2,1-3H3. The van der Waals surface area contributed by atoms with Crippen LogP contribution in [0.5, 0.6) is 17.2 Å². The number of hydrogen-bond donors (Lipinski definition) is 0. The Balaban J connectivity index is 1.74. The van der Waals surface area contributed by atoms with Gasteiger partial charge in [-0.3, -0.25) is 4.79 Å². The van der Waals surface area contributed by atoms with E-state index >= 15 is 0 Å². The number of sulfone groups is 1. The molecule has 1 saturated heterocycles. The summed E-state index contributed by atoms with van der Waals surface area (Å²) in [7, 11) is -1.59. The summed E-state index contributed by atoms with van der Waals surface area (Å²) >= 11 is 0.